The topological polar surface area (TPSA) is 74.8 Å². The fourth-order valence-electron chi connectivity index (χ4n) is 1.84. The van der Waals surface area contributed by atoms with Crippen LogP contribution in [0.25, 0.3) is 0 Å². The highest BCUT2D eigenvalue weighted by atomic mass is 35.5. The van der Waals surface area contributed by atoms with Gasteiger partial charge in [-0.1, -0.05) is 18.5 Å². The SMILES string of the molecule is CCCNC(=O)CN=C(NCC)NCC(C)Oc1ccc(Cl)cc1. The quantitative estimate of drug-likeness (QED) is 0.469. The van der Waals surface area contributed by atoms with Gasteiger partial charge in [0.05, 0.1) is 6.54 Å². The maximum absolute atomic E-state index is 11.6. The van der Waals surface area contributed by atoms with Gasteiger partial charge in [0, 0.05) is 18.1 Å². The van der Waals surface area contributed by atoms with Crippen molar-refractivity contribution in [3.05, 3.63) is 29.3 Å². The lowest BCUT2D eigenvalue weighted by Crippen LogP contribution is -2.42. The van der Waals surface area contributed by atoms with Crippen molar-refractivity contribution < 1.29 is 9.53 Å². The monoisotopic (exact) mass is 354 g/mol. The summed E-state index contributed by atoms with van der Waals surface area (Å²) in [5.41, 5.74) is 0. The van der Waals surface area contributed by atoms with E-state index >= 15 is 0 Å². The molecule has 0 spiro atoms. The van der Waals surface area contributed by atoms with Crippen LogP contribution in [0.15, 0.2) is 29.3 Å². The number of carbonyl (C=O) groups is 1. The van der Waals surface area contributed by atoms with E-state index in [0.717, 1.165) is 18.7 Å². The Balaban J connectivity index is 2.43. The molecule has 1 unspecified atom stereocenters. The molecule has 0 heterocycles. The highest BCUT2D eigenvalue weighted by Crippen LogP contribution is 2.16. The second-order valence-corrected chi connectivity index (χ2v) is 5.74. The number of hydrogen-bond donors (Lipinski definition) is 3. The van der Waals surface area contributed by atoms with Crippen LogP contribution in [0, 0.1) is 0 Å². The minimum absolute atomic E-state index is 0.0658. The predicted octanol–water partition coefficient (Wildman–Crippen LogP) is 2.19. The fraction of sp³-hybridized carbons (Fsp3) is 0.529. The Morgan fingerprint density at radius 3 is 2.54 bits per heavy atom. The first-order valence-electron chi connectivity index (χ1n) is 8.26. The van der Waals surface area contributed by atoms with Crippen molar-refractivity contribution in [3.63, 3.8) is 0 Å². The van der Waals surface area contributed by atoms with Crippen molar-refractivity contribution >= 4 is 23.5 Å². The Bertz CT molecular complexity index is 520. The standard InChI is InChI=1S/C17H27ClN4O2/c1-4-10-20-16(23)12-22-17(19-5-2)21-11-13(3)24-15-8-6-14(18)7-9-15/h6-9,13H,4-5,10-12H2,1-3H3,(H,20,23)(H2,19,21,22). The molecular weight excluding hydrogens is 328 g/mol. The van der Waals surface area contributed by atoms with Gasteiger partial charge in [0.2, 0.25) is 5.91 Å². The lowest BCUT2D eigenvalue weighted by atomic mass is 10.3. The fourth-order valence-corrected chi connectivity index (χ4v) is 1.97. The largest absolute Gasteiger partial charge is 0.489 e. The molecule has 24 heavy (non-hydrogen) atoms. The Morgan fingerprint density at radius 2 is 1.92 bits per heavy atom. The zero-order valence-electron chi connectivity index (χ0n) is 14.6. The molecule has 1 aromatic rings. The number of carbonyl (C=O) groups excluding carboxylic acids is 1. The van der Waals surface area contributed by atoms with Crippen LogP contribution in [-0.4, -0.2) is 44.1 Å². The molecule has 0 aliphatic carbocycles. The maximum Gasteiger partial charge on any atom is 0.241 e. The van der Waals surface area contributed by atoms with Crippen LogP contribution in [0.5, 0.6) is 5.75 Å². The second-order valence-electron chi connectivity index (χ2n) is 5.31. The number of hydrogen-bond acceptors (Lipinski definition) is 3. The summed E-state index contributed by atoms with van der Waals surface area (Å²) in [7, 11) is 0. The molecule has 1 atom stereocenters. The Hall–Kier alpha value is -1.95. The minimum atomic E-state index is -0.0838. The van der Waals surface area contributed by atoms with Crippen LogP contribution in [0.3, 0.4) is 0 Å². The van der Waals surface area contributed by atoms with E-state index in [-0.39, 0.29) is 18.6 Å². The van der Waals surface area contributed by atoms with Gasteiger partial charge in [-0.25, -0.2) is 4.99 Å². The molecular formula is C17H27ClN4O2. The highest BCUT2D eigenvalue weighted by Gasteiger charge is 2.06. The summed E-state index contributed by atoms with van der Waals surface area (Å²) in [6.07, 6.45) is 0.844. The predicted molar refractivity (Wildman–Crippen MR) is 98.8 cm³/mol. The summed E-state index contributed by atoms with van der Waals surface area (Å²) in [4.78, 5) is 15.9. The molecule has 0 saturated heterocycles. The van der Waals surface area contributed by atoms with Crippen molar-refractivity contribution in [1.29, 1.82) is 0 Å². The van der Waals surface area contributed by atoms with E-state index in [9.17, 15) is 4.79 Å². The average molecular weight is 355 g/mol. The number of halogens is 1. The van der Waals surface area contributed by atoms with Gasteiger partial charge in [-0.15, -0.1) is 0 Å². The van der Waals surface area contributed by atoms with E-state index in [1.54, 1.807) is 12.1 Å². The van der Waals surface area contributed by atoms with Crippen molar-refractivity contribution in [2.45, 2.75) is 33.3 Å². The first-order valence-corrected chi connectivity index (χ1v) is 8.64. The Labute approximate surface area is 149 Å². The zero-order chi connectivity index (χ0) is 17.8. The smallest absolute Gasteiger partial charge is 0.241 e. The molecule has 0 radical (unpaired) electrons. The number of guanidine groups is 1. The van der Waals surface area contributed by atoms with E-state index in [4.69, 9.17) is 16.3 Å². The number of nitrogens with one attached hydrogen (secondary N) is 3. The lowest BCUT2D eigenvalue weighted by molar-refractivity contribution is -0.119. The molecule has 0 aliphatic heterocycles. The summed E-state index contributed by atoms with van der Waals surface area (Å²) < 4.78 is 5.79. The van der Waals surface area contributed by atoms with E-state index in [0.29, 0.717) is 24.1 Å². The normalized spacial score (nSPS) is 12.4. The van der Waals surface area contributed by atoms with Gasteiger partial charge in [0.1, 0.15) is 18.4 Å². The number of rotatable bonds is 9. The van der Waals surface area contributed by atoms with Crippen molar-refractivity contribution in [2.75, 3.05) is 26.2 Å². The molecule has 0 fully saturated rings. The molecule has 0 aromatic heterocycles. The van der Waals surface area contributed by atoms with Gasteiger partial charge >= 0.3 is 0 Å². The van der Waals surface area contributed by atoms with Gasteiger partial charge in [0.25, 0.3) is 0 Å². The third kappa shape index (κ3) is 8.62. The van der Waals surface area contributed by atoms with Gasteiger partial charge in [-0.3, -0.25) is 4.79 Å². The number of ether oxygens (including phenoxy) is 1. The van der Waals surface area contributed by atoms with Gasteiger partial charge in [-0.05, 0) is 44.5 Å². The van der Waals surface area contributed by atoms with Crippen LogP contribution in [0.2, 0.25) is 5.02 Å². The molecule has 1 amide bonds. The molecule has 134 valence electrons. The number of nitrogens with zero attached hydrogens (tertiary/aromatic N) is 1. The highest BCUT2D eigenvalue weighted by molar-refractivity contribution is 6.30. The van der Waals surface area contributed by atoms with Crippen molar-refractivity contribution in [3.8, 4) is 5.75 Å². The van der Waals surface area contributed by atoms with E-state index in [1.165, 1.54) is 0 Å². The van der Waals surface area contributed by atoms with Gasteiger partial charge in [0.15, 0.2) is 5.96 Å². The summed E-state index contributed by atoms with van der Waals surface area (Å²) in [5.74, 6) is 1.27. The third-order valence-electron chi connectivity index (χ3n) is 3.01. The molecule has 0 bridgehead atoms. The minimum Gasteiger partial charge on any atom is -0.489 e. The van der Waals surface area contributed by atoms with Crippen LogP contribution in [-0.2, 0) is 4.79 Å². The van der Waals surface area contributed by atoms with Gasteiger partial charge < -0.3 is 20.7 Å². The first-order chi connectivity index (χ1) is 11.5. The van der Waals surface area contributed by atoms with Crippen LogP contribution >= 0.6 is 11.6 Å². The molecule has 7 heteroatoms. The number of amides is 1. The number of aliphatic imine (C=N–C) groups is 1. The Morgan fingerprint density at radius 1 is 1.21 bits per heavy atom. The van der Waals surface area contributed by atoms with Gasteiger partial charge in [-0.2, -0.15) is 0 Å². The zero-order valence-corrected chi connectivity index (χ0v) is 15.3. The average Bonchev–Trinajstić information content (AvgIpc) is 2.57. The summed E-state index contributed by atoms with van der Waals surface area (Å²) >= 11 is 5.85. The summed E-state index contributed by atoms with van der Waals surface area (Å²) in [5, 5.41) is 9.75. The number of benzene rings is 1. The van der Waals surface area contributed by atoms with Crippen LogP contribution in [0.4, 0.5) is 0 Å². The first kappa shape index (κ1) is 20.1. The lowest BCUT2D eigenvalue weighted by Gasteiger charge is -2.17. The van der Waals surface area contributed by atoms with E-state index < -0.39 is 0 Å². The maximum atomic E-state index is 11.6. The molecule has 0 aliphatic rings. The molecule has 0 saturated carbocycles. The molecule has 1 rings (SSSR count). The molecule has 3 N–H and O–H groups in total. The second kappa shape index (κ2) is 11.6. The third-order valence-corrected chi connectivity index (χ3v) is 3.26. The molecule has 6 nitrogen and oxygen atoms in total. The summed E-state index contributed by atoms with van der Waals surface area (Å²) in [6, 6.07) is 7.24. The Kier molecular flexibility index (Phi) is 9.68. The van der Waals surface area contributed by atoms with E-state index in [1.807, 2.05) is 32.9 Å². The van der Waals surface area contributed by atoms with Crippen molar-refractivity contribution in [1.82, 2.24) is 16.0 Å². The van der Waals surface area contributed by atoms with Crippen molar-refractivity contribution in [2.24, 2.45) is 4.99 Å². The van der Waals surface area contributed by atoms with E-state index in [2.05, 4.69) is 20.9 Å². The summed E-state index contributed by atoms with van der Waals surface area (Å²) in [6.45, 7) is 7.99. The van der Waals surface area contributed by atoms with Crippen LogP contribution in [0.1, 0.15) is 27.2 Å². The van der Waals surface area contributed by atoms with Crippen LogP contribution < -0.4 is 20.7 Å². The molecule has 1 aromatic carbocycles.